The Bertz CT molecular complexity index is 1370. The molecule has 0 saturated carbocycles. The average molecular weight is 513 g/mol. The van der Waals surface area contributed by atoms with E-state index in [1.807, 2.05) is 78.9 Å². The predicted molar refractivity (Wildman–Crippen MR) is 139 cm³/mol. The van der Waals surface area contributed by atoms with E-state index in [9.17, 15) is 0 Å². The molecule has 7 heteroatoms. The SMILES string of the molecule is COc1cc(C2=NC(c3ccncc3)=Nc3ccc(Br)cc3N2)ccc1OCc1ccccc1. The highest BCUT2D eigenvalue weighted by atomic mass is 79.9. The molecule has 1 aromatic heterocycles. The highest BCUT2D eigenvalue weighted by Gasteiger charge is 2.17. The number of aromatic nitrogens is 1. The lowest BCUT2D eigenvalue weighted by molar-refractivity contribution is 0.284. The third-order valence-electron chi connectivity index (χ3n) is 5.27. The summed E-state index contributed by atoms with van der Waals surface area (Å²) < 4.78 is 12.6. The molecule has 2 heterocycles. The fourth-order valence-electron chi connectivity index (χ4n) is 3.54. The molecular formula is C27H21BrN4O2. The number of hydrogen-bond acceptors (Lipinski definition) is 6. The van der Waals surface area contributed by atoms with E-state index in [0.29, 0.717) is 29.8 Å². The number of ether oxygens (including phenoxy) is 2. The predicted octanol–water partition coefficient (Wildman–Crippen LogP) is 6.38. The second-order valence-electron chi connectivity index (χ2n) is 7.56. The molecule has 0 bridgehead atoms. The van der Waals surface area contributed by atoms with Gasteiger partial charge in [0, 0.05) is 28.0 Å². The molecule has 0 saturated heterocycles. The van der Waals surface area contributed by atoms with Gasteiger partial charge in [-0.15, -0.1) is 0 Å². The highest BCUT2D eigenvalue weighted by molar-refractivity contribution is 9.10. The van der Waals surface area contributed by atoms with Gasteiger partial charge in [-0.2, -0.15) is 0 Å². The lowest BCUT2D eigenvalue weighted by atomic mass is 10.1. The maximum Gasteiger partial charge on any atom is 0.162 e. The second kappa shape index (κ2) is 9.89. The first kappa shape index (κ1) is 21.9. The fourth-order valence-corrected chi connectivity index (χ4v) is 3.90. The van der Waals surface area contributed by atoms with Crippen LogP contribution in [0.5, 0.6) is 11.5 Å². The number of fused-ring (bicyclic) bond motifs is 1. The third kappa shape index (κ3) is 4.84. The van der Waals surface area contributed by atoms with E-state index in [1.165, 1.54) is 0 Å². The van der Waals surface area contributed by atoms with E-state index in [2.05, 4.69) is 26.2 Å². The van der Waals surface area contributed by atoms with Gasteiger partial charge in [0.2, 0.25) is 0 Å². The molecule has 5 rings (SSSR count). The molecule has 1 N–H and O–H groups in total. The molecule has 34 heavy (non-hydrogen) atoms. The van der Waals surface area contributed by atoms with Crippen molar-refractivity contribution in [1.29, 1.82) is 0 Å². The Balaban J connectivity index is 1.51. The Hall–Kier alpha value is -3.97. The van der Waals surface area contributed by atoms with Gasteiger partial charge in [-0.05, 0) is 54.1 Å². The van der Waals surface area contributed by atoms with Gasteiger partial charge in [-0.3, -0.25) is 4.98 Å². The summed E-state index contributed by atoms with van der Waals surface area (Å²) in [5.41, 5.74) is 4.45. The number of hydrogen-bond donors (Lipinski definition) is 1. The van der Waals surface area contributed by atoms with Gasteiger partial charge in [0.15, 0.2) is 17.3 Å². The van der Waals surface area contributed by atoms with Gasteiger partial charge in [-0.1, -0.05) is 46.3 Å². The first-order valence-corrected chi connectivity index (χ1v) is 11.5. The summed E-state index contributed by atoms with van der Waals surface area (Å²) in [5, 5.41) is 3.44. The van der Waals surface area contributed by atoms with E-state index in [-0.39, 0.29) is 0 Å². The van der Waals surface area contributed by atoms with Gasteiger partial charge < -0.3 is 14.8 Å². The molecule has 6 nitrogen and oxygen atoms in total. The van der Waals surface area contributed by atoms with Crippen molar-refractivity contribution < 1.29 is 9.47 Å². The van der Waals surface area contributed by atoms with Crippen molar-refractivity contribution in [2.45, 2.75) is 6.61 Å². The van der Waals surface area contributed by atoms with Crippen LogP contribution in [0, 0.1) is 0 Å². The first-order chi connectivity index (χ1) is 16.7. The number of nitrogens with one attached hydrogen (secondary N) is 1. The topological polar surface area (TPSA) is 68.1 Å². The number of anilines is 1. The van der Waals surface area contributed by atoms with E-state index >= 15 is 0 Å². The number of benzene rings is 3. The summed E-state index contributed by atoms with van der Waals surface area (Å²) in [4.78, 5) is 13.8. The fraction of sp³-hybridized carbons (Fsp3) is 0.0741. The molecule has 3 aromatic carbocycles. The Kier molecular flexibility index (Phi) is 6.35. The molecule has 0 atom stereocenters. The average Bonchev–Trinajstić information content (AvgIpc) is 3.08. The number of halogens is 1. The molecule has 168 valence electrons. The van der Waals surface area contributed by atoms with E-state index < -0.39 is 0 Å². The van der Waals surface area contributed by atoms with E-state index in [0.717, 1.165) is 32.5 Å². The maximum absolute atomic E-state index is 6.02. The summed E-state index contributed by atoms with van der Waals surface area (Å²) in [6.45, 7) is 0.454. The third-order valence-corrected chi connectivity index (χ3v) is 5.76. The number of nitrogens with zero attached hydrogens (tertiary/aromatic N) is 3. The number of amidine groups is 2. The van der Waals surface area contributed by atoms with Crippen molar-refractivity contribution >= 4 is 39.0 Å². The summed E-state index contributed by atoms with van der Waals surface area (Å²) in [6, 6.07) is 25.5. The molecule has 0 aliphatic carbocycles. The largest absolute Gasteiger partial charge is 0.493 e. The smallest absolute Gasteiger partial charge is 0.162 e. The molecule has 0 amide bonds. The van der Waals surface area contributed by atoms with Crippen molar-refractivity contribution in [3.8, 4) is 11.5 Å². The van der Waals surface area contributed by atoms with Crippen molar-refractivity contribution in [3.63, 3.8) is 0 Å². The zero-order valence-corrected chi connectivity index (χ0v) is 20.0. The summed E-state index contributed by atoms with van der Waals surface area (Å²) in [5.74, 6) is 2.53. The molecule has 0 unspecified atom stereocenters. The van der Waals surface area contributed by atoms with Crippen LogP contribution in [0.3, 0.4) is 0 Å². The van der Waals surface area contributed by atoms with Crippen molar-refractivity contribution in [2.75, 3.05) is 12.4 Å². The van der Waals surface area contributed by atoms with Crippen LogP contribution >= 0.6 is 15.9 Å². The minimum absolute atomic E-state index is 0.454. The quantitative estimate of drug-likeness (QED) is 0.325. The van der Waals surface area contributed by atoms with Gasteiger partial charge in [-0.25, -0.2) is 9.98 Å². The normalized spacial score (nSPS) is 12.5. The molecule has 0 radical (unpaired) electrons. The van der Waals surface area contributed by atoms with Crippen LogP contribution in [0.4, 0.5) is 11.4 Å². The lowest BCUT2D eigenvalue weighted by Crippen LogP contribution is -2.15. The monoisotopic (exact) mass is 512 g/mol. The molecule has 0 spiro atoms. The lowest BCUT2D eigenvalue weighted by Gasteiger charge is -2.14. The van der Waals surface area contributed by atoms with Crippen LogP contribution < -0.4 is 14.8 Å². The number of methoxy groups -OCH3 is 1. The zero-order valence-electron chi connectivity index (χ0n) is 18.4. The van der Waals surface area contributed by atoms with Crippen LogP contribution in [0.15, 0.2) is 106 Å². The van der Waals surface area contributed by atoms with Crippen LogP contribution in [0.2, 0.25) is 0 Å². The van der Waals surface area contributed by atoms with Gasteiger partial charge >= 0.3 is 0 Å². The highest BCUT2D eigenvalue weighted by Crippen LogP contribution is 2.34. The Labute approximate surface area is 206 Å². The van der Waals surface area contributed by atoms with Gasteiger partial charge in [0.25, 0.3) is 0 Å². The van der Waals surface area contributed by atoms with E-state index in [1.54, 1.807) is 19.5 Å². The molecule has 4 aromatic rings. The van der Waals surface area contributed by atoms with Crippen LogP contribution in [0.1, 0.15) is 16.7 Å². The van der Waals surface area contributed by atoms with Gasteiger partial charge in [0.1, 0.15) is 12.4 Å². The number of aliphatic imine (C=N–C) groups is 2. The second-order valence-corrected chi connectivity index (χ2v) is 8.47. The molecular weight excluding hydrogens is 492 g/mol. The standard InChI is InChI=1S/C27H21BrN4O2/c1-33-25-15-20(7-10-24(25)34-17-18-5-3-2-4-6-18)27-31-23-16-21(28)8-9-22(23)30-26(32-27)19-11-13-29-14-12-19/h2-16H,17H2,1H3,(H,30,31,32). The molecule has 0 fully saturated rings. The molecule has 1 aliphatic heterocycles. The zero-order chi connectivity index (χ0) is 23.3. The number of rotatable bonds is 6. The Morgan fingerprint density at radius 3 is 2.44 bits per heavy atom. The maximum atomic E-state index is 6.02. The van der Waals surface area contributed by atoms with Gasteiger partial charge in [0.05, 0.1) is 18.5 Å². The van der Waals surface area contributed by atoms with E-state index in [4.69, 9.17) is 19.5 Å². The number of pyridine rings is 1. The summed E-state index contributed by atoms with van der Waals surface area (Å²) >= 11 is 3.55. The summed E-state index contributed by atoms with van der Waals surface area (Å²) in [6.07, 6.45) is 3.46. The summed E-state index contributed by atoms with van der Waals surface area (Å²) in [7, 11) is 1.63. The van der Waals surface area contributed by atoms with Crippen molar-refractivity contribution in [1.82, 2.24) is 4.98 Å². The first-order valence-electron chi connectivity index (χ1n) is 10.7. The van der Waals surface area contributed by atoms with Crippen molar-refractivity contribution in [3.05, 3.63) is 112 Å². The Morgan fingerprint density at radius 1 is 0.824 bits per heavy atom. The van der Waals surface area contributed by atoms with Crippen LogP contribution in [-0.4, -0.2) is 23.8 Å². The van der Waals surface area contributed by atoms with Crippen LogP contribution in [-0.2, 0) is 6.61 Å². The van der Waals surface area contributed by atoms with Crippen molar-refractivity contribution in [2.24, 2.45) is 9.98 Å². The molecule has 1 aliphatic rings. The Morgan fingerprint density at radius 2 is 1.65 bits per heavy atom. The minimum atomic E-state index is 0.454. The van der Waals surface area contributed by atoms with Crippen LogP contribution in [0.25, 0.3) is 0 Å². The minimum Gasteiger partial charge on any atom is -0.493 e.